The molecule has 7 heteroatoms. The van der Waals surface area contributed by atoms with Crippen molar-refractivity contribution in [3.05, 3.63) is 65.3 Å². The van der Waals surface area contributed by atoms with Crippen LogP contribution in [-0.2, 0) is 9.53 Å². The minimum absolute atomic E-state index is 0.292. The van der Waals surface area contributed by atoms with Gasteiger partial charge in [0.15, 0.2) is 0 Å². The average molecular weight is 437 g/mol. The number of carbonyl (C=O) groups is 1. The minimum Gasteiger partial charge on any atom is -0.482 e. The quantitative estimate of drug-likeness (QED) is 0.625. The molecule has 1 aromatic carbocycles. The number of nitrogens with one attached hydrogen (secondary N) is 2. The first kappa shape index (κ1) is 22.0. The number of rotatable bonds is 7. The summed E-state index contributed by atoms with van der Waals surface area (Å²) in [7, 11) is 0. The Labute approximate surface area is 188 Å². The Hall–Kier alpha value is -3.19. The van der Waals surface area contributed by atoms with E-state index in [1.165, 1.54) is 12.1 Å². The van der Waals surface area contributed by atoms with Gasteiger partial charge in [-0.05, 0) is 63.3 Å². The molecule has 0 fully saturated rings. The van der Waals surface area contributed by atoms with Crippen LogP contribution < -0.4 is 10.6 Å². The molecule has 1 aromatic heterocycles. The molecule has 6 nitrogen and oxygen atoms in total. The summed E-state index contributed by atoms with van der Waals surface area (Å²) in [4.78, 5) is 19.5. The smallest absolute Gasteiger partial charge is 0.260 e. The van der Waals surface area contributed by atoms with Crippen molar-refractivity contribution in [1.29, 1.82) is 0 Å². The number of halogens is 1. The second-order valence-corrected chi connectivity index (χ2v) is 8.44. The Morgan fingerprint density at radius 2 is 1.97 bits per heavy atom. The maximum Gasteiger partial charge on any atom is 0.260 e. The van der Waals surface area contributed by atoms with Gasteiger partial charge in [0.1, 0.15) is 23.0 Å². The first-order valence-electron chi connectivity index (χ1n) is 11.0. The van der Waals surface area contributed by atoms with Gasteiger partial charge in [-0.1, -0.05) is 13.8 Å². The van der Waals surface area contributed by atoms with Crippen molar-refractivity contribution < 1.29 is 13.9 Å². The number of amides is 1. The molecule has 0 unspecified atom stereocenters. The Bertz CT molecular complexity index is 1090. The average Bonchev–Trinajstić information content (AvgIpc) is 3.25. The lowest BCUT2D eigenvalue weighted by molar-refractivity contribution is -0.111. The highest BCUT2D eigenvalue weighted by molar-refractivity contribution is 6.32. The molecule has 0 aliphatic carbocycles. The standard InChI is InChI=1S/C25H29FN4O2/c1-5-30(6-2)12-11-27-22-10-7-16(15-28-22)19-14-21(32-25(19,3)4)23-18-9-8-17(26)13-20(18)29-24(23)31/h7-10,13-15H,5-6,11-12H2,1-4H3,(H,27,28)(H,29,31)/b23-21+. The third kappa shape index (κ3) is 4.25. The van der Waals surface area contributed by atoms with Gasteiger partial charge >= 0.3 is 0 Å². The number of ether oxygens (including phenoxy) is 1. The summed E-state index contributed by atoms with van der Waals surface area (Å²) in [6.45, 7) is 12.1. The largest absolute Gasteiger partial charge is 0.482 e. The highest BCUT2D eigenvalue weighted by Gasteiger charge is 2.38. The molecule has 2 aliphatic rings. The molecule has 0 saturated carbocycles. The lowest BCUT2D eigenvalue weighted by Crippen LogP contribution is -2.28. The maximum atomic E-state index is 13.6. The van der Waals surface area contributed by atoms with Gasteiger partial charge in [-0.2, -0.15) is 0 Å². The Morgan fingerprint density at radius 3 is 2.66 bits per heavy atom. The Morgan fingerprint density at radius 1 is 1.19 bits per heavy atom. The molecule has 1 amide bonds. The number of aromatic nitrogens is 1. The van der Waals surface area contributed by atoms with Gasteiger partial charge in [0, 0.05) is 36.0 Å². The molecule has 0 saturated heterocycles. The van der Waals surface area contributed by atoms with Gasteiger partial charge < -0.3 is 20.3 Å². The normalized spacial score (nSPS) is 18.9. The van der Waals surface area contributed by atoms with Crippen LogP contribution >= 0.6 is 0 Å². The predicted molar refractivity (Wildman–Crippen MR) is 126 cm³/mol. The number of nitrogens with zero attached hydrogens (tertiary/aromatic N) is 2. The van der Waals surface area contributed by atoms with Crippen molar-refractivity contribution in [2.75, 3.05) is 36.8 Å². The number of likely N-dealkylation sites (N-methyl/N-ethyl adjacent to an activating group) is 1. The van der Waals surface area contributed by atoms with E-state index in [0.717, 1.165) is 43.1 Å². The van der Waals surface area contributed by atoms with Crippen LogP contribution in [0, 0.1) is 5.82 Å². The number of anilines is 2. The molecule has 4 rings (SSSR count). The van der Waals surface area contributed by atoms with E-state index in [-0.39, 0.29) is 5.91 Å². The zero-order valence-electron chi connectivity index (χ0n) is 19.0. The van der Waals surface area contributed by atoms with Gasteiger partial charge in [-0.25, -0.2) is 9.37 Å². The molecule has 0 atom stereocenters. The van der Waals surface area contributed by atoms with E-state index in [2.05, 4.69) is 34.4 Å². The first-order valence-corrected chi connectivity index (χ1v) is 11.0. The first-order chi connectivity index (χ1) is 15.3. The van der Waals surface area contributed by atoms with E-state index in [0.29, 0.717) is 22.6 Å². The van der Waals surface area contributed by atoms with Crippen LogP contribution in [0.15, 0.2) is 48.4 Å². The molecule has 3 heterocycles. The monoisotopic (exact) mass is 436 g/mol. The maximum absolute atomic E-state index is 13.6. The topological polar surface area (TPSA) is 66.5 Å². The summed E-state index contributed by atoms with van der Waals surface area (Å²) >= 11 is 0. The van der Waals surface area contributed by atoms with E-state index in [9.17, 15) is 9.18 Å². The molecule has 0 bridgehead atoms. The highest BCUT2D eigenvalue weighted by atomic mass is 19.1. The minimum atomic E-state index is -0.634. The van der Waals surface area contributed by atoms with Gasteiger partial charge in [0.05, 0.1) is 11.3 Å². The molecular formula is C25H29FN4O2. The summed E-state index contributed by atoms with van der Waals surface area (Å²) in [5, 5.41) is 6.08. The highest BCUT2D eigenvalue weighted by Crippen LogP contribution is 2.44. The number of allylic oxidation sites excluding steroid dienone is 1. The van der Waals surface area contributed by atoms with Crippen LogP contribution in [0.3, 0.4) is 0 Å². The summed E-state index contributed by atoms with van der Waals surface area (Å²) in [5.74, 6) is 0.619. The molecule has 2 aromatic rings. The van der Waals surface area contributed by atoms with Gasteiger partial charge in [-0.3, -0.25) is 4.79 Å². The lowest BCUT2D eigenvalue weighted by atomic mass is 9.93. The van der Waals surface area contributed by atoms with E-state index < -0.39 is 11.4 Å². The second-order valence-electron chi connectivity index (χ2n) is 8.44. The van der Waals surface area contributed by atoms with Crippen LogP contribution in [0.25, 0.3) is 11.1 Å². The fourth-order valence-corrected chi connectivity index (χ4v) is 4.15. The van der Waals surface area contributed by atoms with Crippen molar-refractivity contribution in [3.8, 4) is 0 Å². The van der Waals surface area contributed by atoms with Gasteiger partial charge in [-0.15, -0.1) is 0 Å². The van der Waals surface area contributed by atoms with Gasteiger partial charge in [0.25, 0.3) is 5.91 Å². The molecule has 0 radical (unpaired) electrons. The number of fused-ring (bicyclic) bond motifs is 1. The zero-order chi connectivity index (χ0) is 22.9. The number of carbonyl (C=O) groups excluding carboxylic acids is 1. The SMILES string of the molecule is CCN(CC)CCNc1ccc(C2=C/C(=C3\C(=O)Nc4cc(F)ccc43)OC2(C)C)cn1. The Balaban J connectivity index is 1.57. The summed E-state index contributed by atoms with van der Waals surface area (Å²) in [6.07, 6.45) is 3.71. The lowest BCUT2D eigenvalue weighted by Gasteiger charge is -2.23. The van der Waals surface area contributed by atoms with Crippen molar-refractivity contribution in [2.45, 2.75) is 33.3 Å². The summed E-state index contributed by atoms with van der Waals surface area (Å²) in [6, 6.07) is 8.24. The van der Waals surface area contributed by atoms with Crippen LogP contribution in [0.5, 0.6) is 0 Å². The number of benzene rings is 1. The Kier molecular flexibility index (Phi) is 6.02. The molecule has 168 valence electrons. The third-order valence-corrected chi connectivity index (χ3v) is 5.96. The van der Waals surface area contributed by atoms with Crippen molar-refractivity contribution in [2.24, 2.45) is 0 Å². The molecular weight excluding hydrogens is 407 g/mol. The summed E-state index contributed by atoms with van der Waals surface area (Å²) in [5.41, 5.74) is 2.76. The van der Waals surface area contributed by atoms with E-state index in [1.807, 2.05) is 38.3 Å². The van der Waals surface area contributed by atoms with E-state index >= 15 is 0 Å². The molecule has 2 N–H and O–H groups in total. The van der Waals surface area contributed by atoms with Crippen LogP contribution in [0.4, 0.5) is 15.9 Å². The van der Waals surface area contributed by atoms with Crippen LogP contribution in [0.1, 0.15) is 38.8 Å². The molecule has 2 aliphatic heterocycles. The number of hydrogen-bond donors (Lipinski definition) is 2. The number of pyridine rings is 1. The van der Waals surface area contributed by atoms with Crippen LogP contribution in [0.2, 0.25) is 0 Å². The van der Waals surface area contributed by atoms with Crippen molar-refractivity contribution in [1.82, 2.24) is 9.88 Å². The van der Waals surface area contributed by atoms with Crippen molar-refractivity contribution in [3.63, 3.8) is 0 Å². The zero-order valence-corrected chi connectivity index (χ0v) is 19.0. The summed E-state index contributed by atoms with van der Waals surface area (Å²) < 4.78 is 19.7. The second kappa shape index (κ2) is 8.74. The van der Waals surface area contributed by atoms with Crippen LogP contribution in [-0.4, -0.2) is 47.6 Å². The molecule has 32 heavy (non-hydrogen) atoms. The van der Waals surface area contributed by atoms with E-state index in [1.54, 1.807) is 6.07 Å². The fraction of sp³-hybridized carbons (Fsp3) is 0.360. The third-order valence-electron chi connectivity index (χ3n) is 5.96. The predicted octanol–water partition coefficient (Wildman–Crippen LogP) is 4.53. The van der Waals surface area contributed by atoms with Gasteiger partial charge in [0.2, 0.25) is 0 Å². The fourth-order valence-electron chi connectivity index (χ4n) is 4.15. The van der Waals surface area contributed by atoms with Crippen molar-refractivity contribution >= 4 is 28.6 Å². The molecule has 0 spiro atoms. The van der Waals surface area contributed by atoms with E-state index in [4.69, 9.17) is 4.74 Å². The number of hydrogen-bond acceptors (Lipinski definition) is 5.